The summed E-state index contributed by atoms with van der Waals surface area (Å²) in [5.41, 5.74) is 6.43. The Bertz CT molecular complexity index is 375. The number of H-pyrrole nitrogens is 1. The second-order valence-electron chi connectivity index (χ2n) is 2.92. The maximum atomic E-state index is 5.37. The van der Waals surface area contributed by atoms with Crippen LogP contribution >= 0.6 is 0 Å². The van der Waals surface area contributed by atoms with E-state index < -0.39 is 0 Å². The zero-order valence-corrected chi connectivity index (χ0v) is 7.73. The van der Waals surface area contributed by atoms with Crippen LogP contribution in [0.3, 0.4) is 0 Å². The van der Waals surface area contributed by atoms with Gasteiger partial charge in [0.1, 0.15) is 0 Å². The lowest BCUT2D eigenvalue weighted by atomic mass is 10.4. The quantitative estimate of drug-likeness (QED) is 0.623. The second-order valence-corrected chi connectivity index (χ2v) is 2.92. The number of nitrogens with zero attached hydrogens (tertiary/aromatic N) is 4. The minimum absolute atomic E-state index is 0.304. The molecule has 2 heterocycles. The highest BCUT2D eigenvalue weighted by atomic mass is 15.3. The minimum Gasteiger partial charge on any atom is -0.368 e. The molecule has 7 heteroatoms. The number of anilines is 2. The molecule has 0 amide bonds. The van der Waals surface area contributed by atoms with Crippen molar-refractivity contribution in [1.82, 2.24) is 25.0 Å². The molecule has 0 aromatic carbocycles. The standard InChI is InChI=1S/C7H11N7/c1-14-4-5(3-10-14)2-9-7-11-6(8)12-13-7/h3-4H,2H2,1H3,(H4,8,9,11,12,13). The van der Waals surface area contributed by atoms with Gasteiger partial charge >= 0.3 is 0 Å². The fraction of sp³-hybridized carbons (Fsp3) is 0.286. The van der Waals surface area contributed by atoms with Crippen molar-refractivity contribution in [1.29, 1.82) is 0 Å². The Morgan fingerprint density at radius 1 is 1.64 bits per heavy atom. The predicted molar refractivity (Wildman–Crippen MR) is 51.3 cm³/mol. The molecule has 2 aromatic rings. The molecule has 0 aliphatic carbocycles. The third kappa shape index (κ3) is 1.82. The Hall–Kier alpha value is -2.05. The van der Waals surface area contributed by atoms with Gasteiger partial charge in [-0.15, -0.1) is 5.10 Å². The van der Waals surface area contributed by atoms with E-state index in [4.69, 9.17) is 5.73 Å². The summed E-state index contributed by atoms with van der Waals surface area (Å²) >= 11 is 0. The predicted octanol–water partition coefficient (Wildman–Crippen LogP) is -0.268. The molecule has 14 heavy (non-hydrogen) atoms. The van der Waals surface area contributed by atoms with Crippen LogP contribution in [0, 0.1) is 0 Å². The Morgan fingerprint density at radius 3 is 3.07 bits per heavy atom. The number of hydrogen-bond acceptors (Lipinski definition) is 5. The van der Waals surface area contributed by atoms with E-state index in [-0.39, 0.29) is 0 Å². The molecule has 0 bridgehead atoms. The number of aromatic nitrogens is 5. The van der Waals surface area contributed by atoms with Crippen molar-refractivity contribution >= 4 is 11.9 Å². The van der Waals surface area contributed by atoms with Crippen molar-refractivity contribution in [3.8, 4) is 0 Å². The molecule has 0 aliphatic rings. The summed E-state index contributed by atoms with van der Waals surface area (Å²) < 4.78 is 1.74. The van der Waals surface area contributed by atoms with Gasteiger partial charge in [0.25, 0.3) is 0 Å². The SMILES string of the molecule is Cn1cc(CNc2n[nH]c(N)n2)cn1. The third-order valence-corrected chi connectivity index (χ3v) is 1.71. The van der Waals surface area contributed by atoms with E-state index in [0.29, 0.717) is 18.4 Å². The van der Waals surface area contributed by atoms with E-state index in [1.165, 1.54) is 0 Å². The van der Waals surface area contributed by atoms with Crippen molar-refractivity contribution in [3.05, 3.63) is 18.0 Å². The number of nitrogen functional groups attached to an aromatic ring is 1. The molecule has 0 fully saturated rings. The summed E-state index contributed by atoms with van der Waals surface area (Å²) in [4.78, 5) is 3.91. The normalized spacial score (nSPS) is 10.4. The summed E-state index contributed by atoms with van der Waals surface area (Å²) in [6.45, 7) is 0.630. The van der Waals surface area contributed by atoms with Crippen molar-refractivity contribution in [3.63, 3.8) is 0 Å². The Balaban J connectivity index is 1.94. The smallest absolute Gasteiger partial charge is 0.243 e. The molecule has 0 radical (unpaired) electrons. The average Bonchev–Trinajstić information content (AvgIpc) is 2.72. The molecule has 0 saturated heterocycles. The van der Waals surface area contributed by atoms with Crippen LogP contribution in [0.15, 0.2) is 12.4 Å². The van der Waals surface area contributed by atoms with Crippen LogP contribution < -0.4 is 11.1 Å². The summed E-state index contributed by atoms with van der Waals surface area (Å²) in [6, 6.07) is 0. The largest absolute Gasteiger partial charge is 0.368 e. The van der Waals surface area contributed by atoms with E-state index in [1.807, 2.05) is 13.2 Å². The first-order valence-electron chi connectivity index (χ1n) is 4.13. The van der Waals surface area contributed by atoms with Gasteiger partial charge in [0, 0.05) is 25.4 Å². The average molecular weight is 193 g/mol. The molecule has 74 valence electrons. The molecule has 0 saturated carbocycles. The van der Waals surface area contributed by atoms with Crippen LogP contribution in [-0.2, 0) is 13.6 Å². The highest BCUT2D eigenvalue weighted by molar-refractivity contribution is 5.30. The topological polar surface area (TPSA) is 97.4 Å². The first kappa shape index (κ1) is 8.54. The summed E-state index contributed by atoms with van der Waals surface area (Å²) in [5, 5.41) is 13.4. The molecule has 2 rings (SSSR count). The Labute approximate surface area is 80.3 Å². The highest BCUT2D eigenvalue weighted by Crippen LogP contribution is 2.02. The second kappa shape index (κ2) is 3.36. The fourth-order valence-electron chi connectivity index (χ4n) is 1.10. The van der Waals surface area contributed by atoms with E-state index in [2.05, 4.69) is 25.6 Å². The van der Waals surface area contributed by atoms with Crippen LogP contribution in [-0.4, -0.2) is 25.0 Å². The van der Waals surface area contributed by atoms with Crippen molar-refractivity contribution in [2.24, 2.45) is 7.05 Å². The van der Waals surface area contributed by atoms with Crippen molar-refractivity contribution in [2.45, 2.75) is 6.54 Å². The van der Waals surface area contributed by atoms with E-state index >= 15 is 0 Å². The van der Waals surface area contributed by atoms with Crippen LogP contribution in [0.4, 0.5) is 11.9 Å². The molecule has 0 unspecified atom stereocenters. The maximum Gasteiger partial charge on any atom is 0.243 e. The Kier molecular flexibility index (Phi) is 2.05. The van der Waals surface area contributed by atoms with Crippen molar-refractivity contribution in [2.75, 3.05) is 11.1 Å². The van der Waals surface area contributed by atoms with E-state index in [0.717, 1.165) is 5.56 Å². The summed E-state index contributed by atoms with van der Waals surface area (Å²) in [7, 11) is 1.87. The van der Waals surface area contributed by atoms with Crippen LogP contribution in [0.5, 0.6) is 0 Å². The lowest BCUT2D eigenvalue weighted by Gasteiger charge is -1.96. The van der Waals surface area contributed by atoms with Crippen LogP contribution in [0.2, 0.25) is 0 Å². The molecule has 0 spiro atoms. The van der Waals surface area contributed by atoms with Gasteiger partial charge in [0.15, 0.2) is 0 Å². The van der Waals surface area contributed by atoms with Gasteiger partial charge in [-0.1, -0.05) is 0 Å². The molecular formula is C7H11N7. The van der Waals surface area contributed by atoms with Crippen LogP contribution in [0.1, 0.15) is 5.56 Å². The van der Waals surface area contributed by atoms with Crippen molar-refractivity contribution < 1.29 is 0 Å². The number of rotatable bonds is 3. The zero-order valence-electron chi connectivity index (χ0n) is 7.73. The van der Waals surface area contributed by atoms with Crippen LogP contribution in [0.25, 0.3) is 0 Å². The zero-order chi connectivity index (χ0) is 9.97. The van der Waals surface area contributed by atoms with Gasteiger partial charge in [0.2, 0.25) is 11.9 Å². The van der Waals surface area contributed by atoms with Gasteiger partial charge in [-0.2, -0.15) is 10.1 Å². The minimum atomic E-state index is 0.304. The molecule has 0 atom stereocenters. The number of nitrogens with two attached hydrogens (primary N) is 1. The van der Waals surface area contributed by atoms with E-state index in [9.17, 15) is 0 Å². The molecule has 7 nitrogen and oxygen atoms in total. The fourth-order valence-corrected chi connectivity index (χ4v) is 1.10. The molecule has 4 N–H and O–H groups in total. The van der Waals surface area contributed by atoms with Gasteiger partial charge in [-0.3, -0.25) is 4.68 Å². The first-order valence-corrected chi connectivity index (χ1v) is 4.13. The molecule has 2 aromatic heterocycles. The first-order chi connectivity index (χ1) is 6.74. The monoisotopic (exact) mass is 193 g/mol. The van der Waals surface area contributed by atoms with Gasteiger partial charge in [-0.25, -0.2) is 5.10 Å². The summed E-state index contributed by atoms with van der Waals surface area (Å²) in [5.74, 6) is 0.796. The molecular weight excluding hydrogens is 182 g/mol. The maximum absolute atomic E-state index is 5.37. The van der Waals surface area contributed by atoms with Gasteiger partial charge in [-0.05, 0) is 0 Å². The highest BCUT2D eigenvalue weighted by Gasteiger charge is 2.00. The number of hydrogen-bond donors (Lipinski definition) is 3. The van der Waals surface area contributed by atoms with Gasteiger partial charge in [0.05, 0.1) is 6.20 Å². The number of aryl methyl sites for hydroxylation is 1. The third-order valence-electron chi connectivity index (χ3n) is 1.71. The van der Waals surface area contributed by atoms with Gasteiger partial charge < -0.3 is 11.1 Å². The lowest BCUT2D eigenvalue weighted by molar-refractivity contribution is 0.767. The lowest BCUT2D eigenvalue weighted by Crippen LogP contribution is -2.00. The van der Waals surface area contributed by atoms with E-state index in [1.54, 1.807) is 10.9 Å². The molecule has 0 aliphatic heterocycles. The number of aromatic amines is 1. The summed E-state index contributed by atoms with van der Waals surface area (Å²) in [6.07, 6.45) is 3.70. The number of nitrogens with one attached hydrogen (secondary N) is 2. The Morgan fingerprint density at radius 2 is 2.50 bits per heavy atom.